The van der Waals surface area contributed by atoms with Crippen molar-refractivity contribution in [1.82, 2.24) is 5.32 Å². The molecule has 1 aliphatic rings. The number of methoxy groups -OCH3 is 1. The molecule has 0 spiro atoms. The van der Waals surface area contributed by atoms with Crippen LogP contribution < -0.4 is 10.1 Å². The Bertz CT molecular complexity index is 349. The molecular formula is C14H21NO. The van der Waals surface area contributed by atoms with E-state index in [0.29, 0.717) is 0 Å². The van der Waals surface area contributed by atoms with E-state index in [1.165, 1.54) is 30.4 Å². The van der Waals surface area contributed by atoms with Gasteiger partial charge in [-0.25, -0.2) is 0 Å². The molecule has 0 saturated heterocycles. The summed E-state index contributed by atoms with van der Waals surface area (Å²) in [5.41, 5.74) is 2.99. The highest BCUT2D eigenvalue weighted by Crippen LogP contribution is 2.28. The molecule has 88 valence electrons. The van der Waals surface area contributed by atoms with E-state index in [1.54, 1.807) is 7.11 Å². The number of hydrogen-bond donors (Lipinski definition) is 1. The van der Waals surface area contributed by atoms with Gasteiger partial charge in [0.2, 0.25) is 0 Å². The Morgan fingerprint density at radius 1 is 1.38 bits per heavy atom. The van der Waals surface area contributed by atoms with Gasteiger partial charge in [0.25, 0.3) is 0 Å². The Hall–Kier alpha value is -1.02. The van der Waals surface area contributed by atoms with E-state index in [-0.39, 0.29) is 0 Å². The van der Waals surface area contributed by atoms with Crippen molar-refractivity contribution in [3.05, 3.63) is 29.3 Å². The topological polar surface area (TPSA) is 21.3 Å². The highest BCUT2D eigenvalue weighted by molar-refractivity contribution is 5.37. The third-order valence-electron chi connectivity index (χ3n) is 3.43. The Labute approximate surface area is 98.0 Å². The van der Waals surface area contributed by atoms with Crippen LogP contribution in [0.3, 0.4) is 0 Å². The standard InChI is InChI=1S/C14H21NO/c1-3-15-10-11-4-5-12-6-7-14(16-2)9-13(12)8-11/h6-7,9,11,15H,3-5,8,10H2,1-2H3. The molecule has 1 aromatic rings. The predicted molar refractivity (Wildman–Crippen MR) is 67.1 cm³/mol. The average molecular weight is 219 g/mol. The van der Waals surface area contributed by atoms with E-state index >= 15 is 0 Å². The van der Waals surface area contributed by atoms with Crippen molar-refractivity contribution in [3.8, 4) is 5.75 Å². The van der Waals surface area contributed by atoms with Crippen molar-refractivity contribution in [2.75, 3.05) is 20.2 Å². The highest BCUT2D eigenvalue weighted by Gasteiger charge is 2.18. The van der Waals surface area contributed by atoms with Crippen LogP contribution in [-0.2, 0) is 12.8 Å². The van der Waals surface area contributed by atoms with E-state index in [2.05, 4.69) is 30.4 Å². The van der Waals surface area contributed by atoms with E-state index in [4.69, 9.17) is 4.74 Å². The van der Waals surface area contributed by atoms with Crippen molar-refractivity contribution in [2.45, 2.75) is 26.2 Å². The van der Waals surface area contributed by atoms with Gasteiger partial charge in [0.1, 0.15) is 5.75 Å². The van der Waals surface area contributed by atoms with Crippen molar-refractivity contribution in [2.24, 2.45) is 5.92 Å². The summed E-state index contributed by atoms with van der Waals surface area (Å²) in [7, 11) is 1.74. The zero-order valence-electron chi connectivity index (χ0n) is 10.3. The van der Waals surface area contributed by atoms with Crippen LogP contribution >= 0.6 is 0 Å². The predicted octanol–water partition coefficient (Wildman–Crippen LogP) is 2.41. The van der Waals surface area contributed by atoms with Crippen LogP contribution in [0.2, 0.25) is 0 Å². The third-order valence-corrected chi connectivity index (χ3v) is 3.43. The minimum Gasteiger partial charge on any atom is -0.497 e. The molecule has 0 amide bonds. The van der Waals surface area contributed by atoms with Crippen molar-refractivity contribution >= 4 is 0 Å². The number of hydrogen-bond acceptors (Lipinski definition) is 2. The lowest BCUT2D eigenvalue weighted by molar-refractivity contribution is 0.406. The maximum atomic E-state index is 5.28. The van der Waals surface area contributed by atoms with Crippen LogP contribution in [0.5, 0.6) is 5.75 Å². The zero-order valence-corrected chi connectivity index (χ0v) is 10.3. The van der Waals surface area contributed by atoms with Gasteiger partial charge in [-0.1, -0.05) is 13.0 Å². The van der Waals surface area contributed by atoms with E-state index in [1.807, 2.05) is 0 Å². The van der Waals surface area contributed by atoms with Crippen LogP contribution in [0.1, 0.15) is 24.5 Å². The fourth-order valence-electron chi connectivity index (χ4n) is 2.46. The Kier molecular flexibility index (Phi) is 3.83. The molecule has 0 radical (unpaired) electrons. The SMILES string of the molecule is CCNCC1CCc2ccc(OC)cc2C1. The van der Waals surface area contributed by atoms with Crippen LogP contribution in [0, 0.1) is 5.92 Å². The summed E-state index contributed by atoms with van der Waals surface area (Å²) in [6.45, 7) is 4.38. The second kappa shape index (κ2) is 5.35. The second-order valence-electron chi connectivity index (χ2n) is 4.55. The molecule has 1 atom stereocenters. The molecule has 0 heterocycles. The summed E-state index contributed by atoms with van der Waals surface area (Å²) in [6, 6.07) is 6.49. The number of fused-ring (bicyclic) bond motifs is 1. The quantitative estimate of drug-likeness (QED) is 0.839. The molecule has 1 N–H and O–H groups in total. The molecule has 0 bridgehead atoms. The average Bonchev–Trinajstić information content (AvgIpc) is 2.35. The number of benzene rings is 1. The van der Waals surface area contributed by atoms with Gasteiger partial charge in [0, 0.05) is 0 Å². The summed E-state index contributed by atoms with van der Waals surface area (Å²) in [5.74, 6) is 1.78. The number of nitrogens with one attached hydrogen (secondary N) is 1. The van der Waals surface area contributed by atoms with E-state index < -0.39 is 0 Å². The van der Waals surface area contributed by atoms with Crippen LogP contribution in [-0.4, -0.2) is 20.2 Å². The summed E-state index contributed by atoms with van der Waals surface area (Å²) >= 11 is 0. The minimum atomic E-state index is 0.791. The lowest BCUT2D eigenvalue weighted by Crippen LogP contribution is -2.27. The molecule has 2 rings (SSSR count). The molecule has 16 heavy (non-hydrogen) atoms. The van der Waals surface area contributed by atoms with Crippen LogP contribution in [0.4, 0.5) is 0 Å². The molecule has 0 aliphatic heterocycles. The molecule has 1 unspecified atom stereocenters. The lowest BCUT2D eigenvalue weighted by Gasteiger charge is -2.25. The molecule has 0 fully saturated rings. The summed E-state index contributed by atoms with van der Waals surface area (Å²) in [4.78, 5) is 0. The third kappa shape index (κ3) is 2.56. The molecule has 1 aromatic carbocycles. The van der Waals surface area contributed by atoms with Gasteiger partial charge in [-0.15, -0.1) is 0 Å². The Morgan fingerprint density at radius 2 is 2.25 bits per heavy atom. The van der Waals surface area contributed by atoms with E-state index in [9.17, 15) is 0 Å². The van der Waals surface area contributed by atoms with Gasteiger partial charge in [-0.2, -0.15) is 0 Å². The van der Waals surface area contributed by atoms with Crippen molar-refractivity contribution in [1.29, 1.82) is 0 Å². The zero-order chi connectivity index (χ0) is 11.4. The molecule has 2 heteroatoms. The summed E-state index contributed by atoms with van der Waals surface area (Å²) in [5, 5.41) is 3.45. The molecule has 2 nitrogen and oxygen atoms in total. The highest BCUT2D eigenvalue weighted by atomic mass is 16.5. The fourth-order valence-corrected chi connectivity index (χ4v) is 2.46. The van der Waals surface area contributed by atoms with Gasteiger partial charge in [-0.3, -0.25) is 0 Å². The fraction of sp³-hybridized carbons (Fsp3) is 0.571. The maximum absolute atomic E-state index is 5.28. The van der Waals surface area contributed by atoms with Crippen molar-refractivity contribution < 1.29 is 4.74 Å². The Morgan fingerprint density at radius 3 is 3.00 bits per heavy atom. The van der Waals surface area contributed by atoms with Gasteiger partial charge >= 0.3 is 0 Å². The number of aryl methyl sites for hydroxylation is 1. The minimum absolute atomic E-state index is 0.791. The summed E-state index contributed by atoms with van der Waals surface area (Å²) < 4.78 is 5.28. The maximum Gasteiger partial charge on any atom is 0.119 e. The van der Waals surface area contributed by atoms with Gasteiger partial charge in [-0.05, 0) is 61.5 Å². The largest absolute Gasteiger partial charge is 0.497 e. The first-order valence-electron chi connectivity index (χ1n) is 6.20. The van der Waals surface area contributed by atoms with Gasteiger partial charge < -0.3 is 10.1 Å². The van der Waals surface area contributed by atoms with Gasteiger partial charge in [0.15, 0.2) is 0 Å². The van der Waals surface area contributed by atoms with Crippen molar-refractivity contribution in [3.63, 3.8) is 0 Å². The van der Waals surface area contributed by atoms with Crippen LogP contribution in [0.25, 0.3) is 0 Å². The first kappa shape index (κ1) is 11.5. The first-order chi connectivity index (χ1) is 7.83. The molecular weight excluding hydrogens is 198 g/mol. The number of ether oxygens (including phenoxy) is 1. The summed E-state index contributed by atoms with van der Waals surface area (Å²) in [6.07, 6.45) is 3.72. The second-order valence-corrected chi connectivity index (χ2v) is 4.55. The monoisotopic (exact) mass is 219 g/mol. The smallest absolute Gasteiger partial charge is 0.119 e. The van der Waals surface area contributed by atoms with Gasteiger partial charge in [0.05, 0.1) is 7.11 Å². The molecule has 0 saturated carbocycles. The van der Waals surface area contributed by atoms with E-state index in [0.717, 1.165) is 24.8 Å². The normalized spacial score (nSPS) is 19.2. The molecule has 1 aliphatic carbocycles. The lowest BCUT2D eigenvalue weighted by atomic mass is 9.84. The van der Waals surface area contributed by atoms with Crippen LogP contribution in [0.15, 0.2) is 18.2 Å². The molecule has 0 aromatic heterocycles. The Balaban J connectivity index is 2.06. The number of rotatable bonds is 4. The first-order valence-corrected chi connectivity index (χ1v) is 6.20.